The van der Waals surface area contributed by atoms with Crippen LogP contribution in [0.15, 0.2) is 60.7 Å². The van der Waals surface area contributed by atoms with Gasteiger partial charge in [-0.3, -0.25) is 14.9 Å². The van der Waals surface area contributed by atoms with Crippen LogP contribution in [-0.2, 0) is 11.2 Å². The first-order chi connectivity index (χ1) is 11.6. The minimum Gasteiger partial charge on any atom is -0.353 e. The number of non-ortho nitro benzene ring substituents is 1. The Morgan fingerprint density at radius 1 is 1.04 bits per heavy atom. The number of aryl methyl sites for hydroxylation is 1. The molecule has 2 aromatic rings. The summed E-state index contributed by atoms with van der Waals surface area (Å²) in [6.07, 6.45) is 6.04. The number of benzene rings is 2. The largest absolute Gasteiger partial charge is 0.353 e. The van der Waals surface area contributed by atoms with Crippen molar-refractivity contribution in [3.05, 3.63) is 81.9 Å². The number of nitrogens with zero attached hydrogens (tertiary/aromatic N) is 1. The molecule has 0 saturated carbocycles. The van der Waals surface area contributed by atoms with Crippen LogP contribution in [0.2, 0.25) is 0 Å². The summed E-state index contributed by atoms with van der Waals surface area (Å²) in [6, 6.07) is 16.3. The number of rotatable bonds is 8. The van der Waals surface area contributed by atoms with Crippen LogP contribution < -0.4 is 5.32 Å². The Hall–Kier alpha value is -2.95. The second-order valence-corrected chi connectivity index (χ2v) is 5.42. The molecule has 0 bridgehead atoms. The van der Waals surface area contributed by atoms with Gasteiger partial charge in [-0.05, 0) is 48.6 Å². The Bertz CT molecular complexity index is 694. The topological polar surface area (TPSA) is 72.2 Å². The Kier molecular flexibility index (Phi) is 6.71. The van der Waals surface area contributed by atoms with Crippen LogP contribution >= 0.6 is 0 Å². The number of hydrogen-bond acceptors (Lipinski definition) is 3. The van der Waals surface area contributed by atoms with E-state index < -0.39 is 4.92 Å². The number of nitro groups is 1. The fourth-order valence-electron chi connectivity index (χ4n) is 2.25. The van der Waals surface area contributed by atoms with Crippen molar-refractivity contribution in [3.8, 4) is 0 Å². The molecule has 2 aromatic carbocycles. The highest BCUT2D eigenvalue weighted by atomic mass is 16.6. The van der Waals surface area contributed by atoms with Gasteiger partial charge in [0.25, 0.3) is 5.69 Å². The van der Waals surface area contributed by atoms with Gasteiger partial charge < -0.3 is 5.32 Å². The zero-order chi connectivity index (χ0) is 17.2. The summed E-state index contributed by atoms with van der Waals surface area (Å²) in [4.78, 5) is 21.8. The molecule has 0 heterocycles. The number of nitrogens with one attached hydrogen (secondary N) is 1. The lowest BCUT2D eigenvalue weighted by Crippen LogP contribution is -2.22. The van der Waals surface area contributed by atoms with E-state index in [4.69, 9.17) is 0 Å². The van der Waals surface area contributed by atoms with Crippen LogP contribution in [0.3, 0.4) is 0 Å². The summed E-state index contributed by atoms with van der Waals surface area (Å²) in [5.74, 6) is -0.159. The molecular weight excluding hydrogens is 304 g/mol. The maximum Gasteiger partial charge on any atom is 0.269 e. The summed E-state index contributed by atoms with van der Waals surface area (Å²) in [7, 11) is 0. The number of amides is 1. The van der Waals surface area contributed by atoms with Crippen LogP contribution in [0.1, 0.15) is 24.0 Å². The molecule has 0 saturated heterocycles. The van der Waals surface area contributed by atoms with Crippen molar-refractivity contribution in [1.29, 1.82) is 0 Å². The fraction of sp³-hybridized carbons (Fsp3) is 0.211. The lowest BCUT2D eigenvalue weighted by molar-refractivity contribution is -0.384. The quantitative estimate of drug-likeness (QED) is 0.348. The van der Waals surface area contributed by atoms with Gasteiger partial charge in [-0.2, -0.15) is 0 Å². The summed E-state index contributed by atoms with van der Waals surface area (Å²) in [5, 5.41) is 13.4. The summed E-state index contributed by atoms with van der Waals surface area (Å²) in [6.45, 7) is 0.635. The summed E-state index contributed by atoms with van der Waals surface area (Å²) >= 11 is 0. The maximum atomic E-state index is 11.7. The first-order valence-electron chi connectivity index (χ1n) is 7.89. The number of carbonyl (C=O) groups excluding carboxylic acids is 1. The van der Waals surface area contributed by atoms with Gasteiger partial charge in [-0.25, -0.2) is 0 Å². The second-order valence-electron chi connectivity index (χ2n) is 5.42. The third-order valence-corrected chi connectivity index (χ3v) is 3.57. The predicted octanol–water partition coefficient (Wildman–Crippen LogP) is 3.75. The van der Waals surface area contributed by atoms with Crippen molar-refractivity contribution in [2.75, 3.05) is 6.54 Å². The Labute approximate surface area is 141 Å². The third-order valence-electron chi connectivity index (χ3n) is 3.57. The van der Waals surface area contributed by atoms with Gasteiger partial charge in [0.2, 0.25) is 5.91 Å². The van der Waals surface area contributed by atoms with Gasteiger partial charge in [0.05, 0.1) is 4.92 Å². The normalized spacial score (nSPS) is 10.7. The molecule has 0 aliphatic rings. The van der Waals surface area contributed by atoms with Crippen molar-refractivity contribution in [1.82, 2.24) is 5.32 Å². The van der Waals surface area contributed by atoms with Gasteiger partial charge in [-0.15, -0.1) is 0 Å². The summed E-state index contributed by atoms with van der Waals surface area (Å²) < 4.78 is 0. The van der Waals surface area contributed by atoms with Gasteiger partial charge in [0.1, 0.15) is 0 Å². The molecule has 124 valence electrons. The van der Waals surface area contributed by atoms with Crippen molar-refractivity contribution >= 4 is 17.7 Å². The van der Waals surface area contributed by atoms with Crippen LogP contribution in [0.4, 0.5) is 5.69 Å². The molecule has 5 heteroatoms. The van der Waals surface area contributed by atoms with Gasteiger partial charge in [0, 0.05) is 24.8 Å². The molecule has 0 aliphatic heterocycles. The number of hydrogen-bond donors (Lipinski definition) is 1. The van der Waals surface area contributed by atoms with Crippen molar-refractivity contribution in [2.24, 2.45) is 0 Å². The fourth-order valence-corrected chi connectivity index (χ4v) is 2.25. The highest BCUT2D eigenvalue weighted by molar-refractivity contribution is 5.91. The first kappa shape index (κ1) is 17.4. The number of carbonyl (C=O) groups is 1. The molecule has 0 spiro atoms. The zero-order valence-electron chi connectivity index (χ0n) is 13.4. The lowest BCUT2D eigenvalue weighted by atomic mass is 10.1. The first-order valence-corrected chi connectivity index (χ1v) is 7.89. The molecule has 0 fully saturated rings. The Morgan fingerprint density at radius 3 is 2.42 bits per heavy atom. The Morgan fingerprint density at radius 2 is 1.75 bits per heavy atom. The van der Waals surface area contributed by atoms with E-state index in [1.165, 1.54) is 23.8 Å². The standard InChI is InChI=1S/C19H20N2O3/c22-19(14-11-17-9-12-18(13-10-17)21(23)24)20-15-5-4-8-16-6-2-1-3-7-16/h1-3,6-7,9-14H,4-5,8,15H2,(H,20,22)/b14-11+. The van der Waals surface area contributed by atoms with E-state index in [-0.39, 0.29) is 11.6 Å². The average Bonchev–Trinajstić information content (AvgIpc) is 2.61. The van der Waals surface area contributed by atoms with Gasteiger partial charge in [-0.1, -0.05) is 30.3 Å². The van der Waals surface area contributed by atoms with E-state index in [2.05, 4.69) is 17.4 Å². The molecule has 0 unspecified atom stereocenters. The second kappa shape index (κ2) is 9.25. The molecule has 0 aromatic heterocycles. The van der Waals surface area contributed by atoms with E-state index in [9.17, 15) is 14.9 Å². The molecule has 1 amide bonds. The molecule has 0 radical (unpaired) electrons. The molecule has 0 atom stereocenters. The van der Waals surface area contributed by atoms with E-state index >= 15 is 0 Å². The molecule has 1 N–H and O–H groups in total. The van der Waals surface area contributed by atoms with Gasteiger partial charge in [0.15, 0.2) is 0 Å². The highest BCUT2D eigenvalue weighted by Gasteiger charge is 2.02. The molecule has 2 rings (SSSR count). The van der Waals surface area contributed by atoms with Crippen LogP contribution in [0, 0.1) is 10.1 Å². The smallest absolute Gasteiger partial charge is 0.269 e. The zero-order valence-corrected chi connectivity index (χ0v) is 13.4. The number of nitro benzene ring substituents is 1. The van der Waals surface area contributed by atoms with Crippen LogP contribution in [0.25, 0.3) is 6.08 Å². The molecular formula is C19H20N2O3. The third kappa shape index (κ3) is 6.04. The number of unbranched alkanes of at least 4 members (excludes halogenated alkanes) is 1. The maximum absolute atomic E-state index is 11.7. The average molecular weight is 324 g/mol. The lowest BCUT2D eigenvalue weighted by Gasteiger charge is -2.03. The van der Waals surface area contributed by atoms with Gasteiger partial charge >= 0.3 is 0 Å². The SMILES string of the molecule is O=C(/C=C/c1ccc([N+](=O)[O-])cc1)NCCCCc1ccccc1. The van der Waals surface area contributed by atoms with E-state index in [1.54, 1.807) is 18.2 Å². The molecule has 24 heavy (non-hydrogen) atoms. The van der Waals surface area contributed by atoms with Crippen LogP contribution in [-0.4, -0.2) is 17.4 Å². The minimum absolute atomic E-state index is 0.0371. The Balaban J connectivity index is 1.66. The van der Waals surface area contributed by atoms with E-state index in [1.807, 2.05) is 18.2 Å². The molecule has 5 nitrogen and oxygen atoms in total. The van der Waals surface area contributed by atoms with Crippen molar-refractivity contribution < 1.29 is 9.72 Å². The van der Waals surface area contributed by atoms with E-state index in [0.29, 0.717) is 6.54 Å². The minimum atomic E-state index is -0.449. The predicted molar refractivity (Wildman–Crippen MR) is 94.5 cm³/mol. The highest BCUT2D eigenvalue weighted by Crippen LogP contribution is 2.12. The van der Waals surface area contributed by atoms with E-state index in [0.717, 1.165) is 24.8 Å². The van der Waals surface area contributed by atoms with Crippen LogP contribution in [0.5, 0.6) is 0 Å². The summed E-state index contributed by atoms with van der Waals surface area (Å²) in [5.41, 5.74) is 2.09. The molecule has 0 aliphatic carbocycles. The van der Waals surface area contributed by atoms with Crippen molar-refractivity contribution in [2.45, 2.75) is 19.3 Å². The monoisotopic (exact) mass is 324 g/mol. The van der Waals surface area contributed by atoms with Crippen molar-refractivity contribution in [3.63, 3.8) is 0 Å².